The van der Waals surface area contributed by atoms with E-state index < -0.39 is 5.92 Å². The minimum Gasteiger partial charge on any atom is -0.343 e. The highest BCUT2D eigenvalue weighted by molar-refractivity contribution is 7.99. The maximum Gasteiger partial charge on any atom is 0.257 e. The van der Waals surface area contributed by atoms with Crippen molar-refractivity contribution in [2.24, 2.45) is 5.41 Å². The SMILES string of the molecule is CCC(C)Sc1nc2c(c(=O)[nH]1)C(c1ccc(Cl)cc1)C1=C(CC(C)(C)CC1=O)N2. The molecule has 0 fully saturated rings. The minimum absolute atomic E-state index is 0.0804. The van der Waals surface area contributed by atoms with E-state index in [4.69, 9.17) is 16.6 Å². The van der Waals surface area contributed by atoms with Crippen LogP contribution >= 0.6 is 23.4 Å². The fourth-order valence-electron chi connectivity index (χ4n) is 4.21. The molecule has 1 aliphatic carbocycles. The van der Waals surface area contributed by atoms with Crippen LogP contribution in [-0.2, 0) is 4.79 Å². The molecule has 0 bridgehead atoms. The van der Waals surface area contributed by atoms with E-state index >= 15 is 0 Å². The molecule has 2 aliphatic rings. The molecule has 5 nitrogen and oxygen atoms in total. The van der Waals surface area contributed by atoms with Crippen LogP contribution < -0.4 is 10.9 Å². The molecule has 0 saturated carbocycles. The van der Waals surface area contributed by atoms with E-state index in [2.05, 4.69) is 38.0 Å². The van der Waals surface area contributed by atoms with Crippen molar-refractivity contribution in [1.29, 1.82) is 0 Å². The van der Waals surface area contributed by atoms with E-state index in [9.17, 15) is 9.59 Å². The molecule has 0 radical (unpaired) electrons. The summed E-state index contributed by atoms with van der Waals surface area (Å²) in [6.45, 7) is 8.41. The normalized spacial score (nSPS) is 21.0. The fraction of sp³-hybridized carbons (Fsp3) is 0.435. The van der Waals surface area contributed by atoms with E-state index in [-0.39, 0.29) is 16.8 Å². The Morgan fingerprint density at radius 3 is 2.60 bits per heavy atom. The Labute approximate surface area is 185 Å². The first-order valence-electron chi connectivity index (χ1n) is 10.3. The number of rotatable bonds is 4. The lowest BCUT2D eigenvalue weighted by molar-refractivity contribution is -0.118. The first-order chi connectivity index (χ1) is 14.2. The molecule has 0 saturated heterocycles. The van der Waals surface area contributed by atoms with Crippen molar-refractivity contribution in [3.63, 3.8) is 0 Å². The number of carbonyl (C=O) groups is 1. The van der Waals surface area contributed by atoms with E-state index in [1.807, 2.05) is 12.1 Å². The van der Waals surface area contributed by atoms with Gasteiger partial charge in [0.25, 0.3) is 5.56 Å². The summed E-state index contributed by atoms with van der Waals surface area (Å²) in [6, 6.07) is 7.37. The Morgan fingerprint density at radius 2 is 1.93 bits per heavy atom. The largest absolute Gasteiger partial charge is 0.343 e. The standard InChI is InChI=1S/C23H26ClN3O2S/c1-5-12(2)30-22-26-20-19(21(29)27-22)17(13-6-8-14(24)9-7-13)18-15(25-20)10-23(3,4)11-16(18)28/h6-9,12,17H,5,10-11H2,1-4H3,(H2,25,26,27,29). The molecular weight excluding hydrogens is 418 g/mol. The summed E-state index contributed by atoms with van der Waals surface area (Å²) in [6.07, 6.45) is 2.17. The lowest BCUT2D eigenvalue weighted by Crippen LogP contribution is -2.37. The topological polar surface area (TPSA) is 74.8 Å². The number of carbonyl (C=O) groups excluding carboxylic acids is 1. The van der Waals surface area contributed by atoms with Crippen LogP contribution in [0.3, 0.4) is 0 Å². The maximum atomic E-state index is 13.2. The van der Waals surface area contributed by atoms with Gasteiger partial charge < -0.3 is 10.3 Å². The molecule has 0 amide bonds. The lowest BCUT2D eigenvalue weighted by Gasteiger charge is -2.38. The zero-order chi connectivity index (χ0) is 21.6. The highest BCUT2D eigenvalue weighted by atomic mass is 35.5. The molecule has 1 aromatic heterocycles. The summed E-state index contributed by atoms with van der Waals surface area (Å²) in [4.78, 5) is 34.1. The molecule has 30 heavy (non-hydrogen) atoms. The number of nitrogens with one attached hydrogen (secondary N) is 2. The van der Waals surface area contributed by atoms with Crippen molar-refractivity contribution in [1.82, 2.24) is 9.97 Å². The minimum atomic E-state index is -0.448. The average Bonchev–Trinajstić information content (AvgIpc) is 2.66. The first-order valence-corrected chi connectivity index (χ1v) is 11.5. The molecule has 2 heterocycles. The van der Waals surface area contributed by atoms with Gasteiger partial charge in [0.2, 0.25) is 0 Å². The Bertz CT molecular complexity index is 1090. The quantitative estimate of drug-likeness (QED) is 0.481. The van der Waals surface area contributed by atoms with Gasteiger partial charge >= 0.3 is 0 Å². The van der Waals surface area contributed by atoms with Gasteiger partial charge in [-0.25, -0.2) is 4.98 Å². The number of fused-ring (bicyclic) bond motifs is 1. The zero-order valence-corrected chi connectivity index (χ0v) is 19.2. The predicted molar refractivity (Wildman–Crippen MR) is 122 cm³/mol. The van der Waals surface area contributed by atoms with Crippen molar-refractivity contribution < 1.29 is 4.79 Å². The van der Waals surface area contributed by atoms with Gasteiger partial charge in [0.15, 0.2) is 10.9 Å². The van der Waals surface area contributed by atoms with E-state index in [1.165, 1.54) is 0 Å². The molecule has 2 atom stereocenters. The van der Waals surface area contributed by atoms with Gasteiger partial charge in [0.1, 0.15) is 5.82 Å². The van der Waals surface area contributed by atoms with Gasteiger partial charge in [-0.3, -0.25) is 9.59 Å². The summed E-state index contributed by atoms with van der Waals surface area (Å²) in [7, 11) is 0. The molecule has 0 spiro atoms. The lowest BCUT2D eigenvalue weighted by atomic mass is 9.69. The third kappa shape index (κ3) is 3.95. The summed E-state index contributed by atoms with van der Waals surface area (Å²) in [5.74, 6) is 0.182. The number of Topliss-reactive ketones (excluding diaryl/α,β-unsaturated/α-hetero) is 1. The van der Waals surface area contributed by atoms with Gasteiger partial charge in [0.05, 0.1) is 5.56 Å². The molecular formula is C23H26ClN3O2S. The second kappa shape index (κ2) is 7.89. The number of allylic oxidation sites excluding steroid dienone is 2. The highest BCUT2D eigenvalue weighted by Crippen LogP contribution is 2.47. The molecule has 2 N–H and O–H groups in total. The number of hydrogen-bond donors (Lipinski definition) is 2. The third-order valence-electron chi connectivity index (χ3n) is 5.79. The van der Waals surface area contributed by atoms with Crippen LogP contribution in [0, 0.1) is 5.41 Å². The van der Waals surface area contributed by atoms with Crippen LogP contribution in [0.4, 0.5) is 5.82 Å². The van der Waals surface area contributed by atoms with Crippen LogP contribution in [0.25, 0.3) is 0 Å². The van der Waals surface area contributed by atoms with E-state index in [0.29, 0.717) is 38.8 Å². The van der Waals surface area contributed by atoms with Crippen molar-refractivity contribution in [3.8, 4) is 0 Å². The molecule has 1 aromatic carbocycles. The molecule has 1 aliphatic heterocycles. The number of aromatic nitrogens is 2. The first kappa shape index (κ1) is 21.2. The van der Waals surface area contributed by atoms with Crippen LogP contribution in [0.5, 0.6) is 0 Å². The molecule has 4 rings (SSSR count). The van der Waals surface area contributed by atoms with Gasteiger partial charge in [-0.15, -0.1) is 0 Å². The van der Waals surface area contributed by atoms with E-state index in [1.54, 1.807) is 23.9 Å². The second-order valence-corrected chi connectivity index (χ2v) is 10.8. The number of hydrogen-bond acceptors (Lipinski definition) is 5. The van der Waals surface area contributed by atoms with Crippen LogP contribution in [0.2, 0.25) is 5.02 Å². The van der Waals surface area contributed by atoms with Crippen LogP contribution in [-0.4, -0.2) is 21.0 Å². The number of aromatic amines is 1. The van der Waals surface area contributed by atoms with Crippen molar-refractivity contribution >= 4 is 35.0 Å². The third-order valence-corrected chi connectivity index (χ3v) is 7.20. The molecule has 158 valence electrons. The van der Waals surface area contributed by atoms with E-state index in [0.717, 1.165) is 24.1 Å². The number of H-pyrrole nitrogens is 1. The number of anilines is 1. The van der Waals surface area contributed by atoms with Gasteiger partial charge in [-0.2, -0.15) is 0 Å². The smallest absolute Gasteiger partial charge is 0.257 e. The molecule has 2 aromatic rings. The number of benzene rings is 1. The van der Waals surface area contributed by atoms with Crippen molar-refractivity contribution in [3.05, 3.63) is 62.0 Å². The summed E-state index contributed by atoms with van der Waals surface area (Å²) >= 11 is 7.65. The number of thioether (sulfide) groups is 1. The summed E-state index contributed by atoms with van der Waals surface area (Å²) in [5, 5.41) is 4.91. The summed E-state index contributed by atoms with van der Waals surface area (Å²) in [5.41, 5.74) is 2.58. The Hall–Kier alpha value is -2.05. The van der Waals surface area contributed by atoms with Gasteiger partial charge in [-0.1, -0.05) is 63.2 Å². The highest BCUT2D eigenvalue weighted by Gasteiger charge is 2.42. The number of halogens is 1. The number of nitrogens with zero attached hydrogens (tertiary/aromatic N) is 1. The maximum absolute atomic E-state index is 13.2. The monoisotopic (exact) mass is 443 g/mol. The Balaban J connectivity index is 1.90. The molecule has 7 heteroatoms. The second-order valence-electron chi connectivity index (χ2n) is 8.91. The van der Waals surface area contributed by atoms with Gasteiger partial charge in [-0.05, 0) is 36.0 Å². The van der Waals surface area contributed by atoms with Gasteiger partial charge in [0, 0.05) is 33.9 Å². The fourth-order valence-corrected chi connectivity index (χ4v) is 5.18. The van der Waals surface area contributed by atoms with Crippen molar-refractivity contribution in [2.75, 3.05) is 5.32 Å². The number of ketones is 1. The Morgan fingerprint density at radius 1 is 1.23 bits per heavy atom. The predicted octanol–water partition coefficient (Wildman–Crippen LogP) is 5.51. The summed E-state index contributed by atoms with van der Waals surface area (Å²) < 4.78 is 0. The van der Waals surface area contributed by atoms with Crippen molar-refractivity contribution in [2.45, 2.75) is 63.3 Å². The molecule has 2 unspecified atom stereocenters. The zero-order valence-electron chi connectivity index (χ0n) is 17.6. The average molecular weight is 444 g/mol. The van der Waals surface area contributed by atoms with Crippen LogP contribution in [0.1, 0.15) is 64.0 Å². The van der Waals surface area contributed by atoms with Crippen LogP contribution in [0.15, 0.2) is 45.5 Å². The Kier molecular flexibility index (Phi) is 5.58.